The van der Waals surface area contributed by atoms with Gasteiger partial charge in [-0.3, -0.25) is 4.79 Å². The number of Topliss-reactive ketones (excluding diaryl/α,β-unsaturated/α-hetero) is 1. The summed E-state index contributed by atoms with van der Waals surface area (Å²) in [7, 11) is 0. The highest BCUT2D eigenvalue weighted by Gasteiger charge is 2.24. The summed E-state index contributed by atoms with van der Waals surface area (Å²) < 4.78 is 0. The van der Waals surface area contributed by atoms with E-state index < -0.39 is 6.04 Å². The highest BCUT2D eigenvalue weighted by Crippen LogP contribution is 2.25. The lowest BCUT2D eigenvalue weighted by Gasteiger charge is -2.22. The Morgan fingerprint density at radius 2 is 2.08 bits per heavy atom. The lowest BCUT2D eigenvalue weighted by molar-refractivity contribution is -0.124. The minimum Gasteiger partial charge on any atom is -0.321 e. The molecule has 1 rings (SSSR count). The molecule has 0 aromatic rings. The third-order valence-corrected chi connectivity index (χ3v) is 2.71. The molecule has 0 aliphatic heterocycles. The summed E-state index contributed by atoms with van der Waals surface area (Å²) in [6, 6.07) is -0.423. The van der Waals surface area contributed by atoms with Crippen molar-refractivity contribution in [2.45, 2.75) is 44.6 Å². The van der Waals surface area contributed by atoms with Gasteiger partial charge in [-0.05, 0) is 12.8 Å². The van der Waals surface area contributed by atoms with E-state index in [0.717, 1.165) is 12.8 Å². The van der Waals surface area contributed by atoms with E-state index in [4.69, 9.17) is 12.2 Å². The first-order valence-corrected chi connectivity index (χ1v) is 4.98. The third-order valence-electron chi connectivity index (χ3n) is 2.71. The molecule has 0 aromatic heterocycles. The number of rotatable bonds is 3. The standard InChI is InChI=1S/C11H17NO/c1-2-6-10(12)11(13)9-7-4-3-5-8-9/h1,9-10H,3-8,12H2/t10-/m0/s1. The molecule has 0 saturated heterocycles. The van der Waals surface area contributed by atoms with E-state index in [-0.39, 0.29) is 11.7 Å². The minimum atomic E-state index is -0.423. The highest BCUT2D eigenvalue weighted by atomic mass is 16.1. The van der Waals surface area contributed by atoms with Crippen molar-refractivity contribution in [2.24, 2.45) is 11.7 Å². The lowest BCUT2D eigenvalue weighted by atomic mass is 9.83. The summed E-state index contributed by atoms with van der Waals surface area (Å²) in [5.74, 6) is 2.81. The van der Waals surface area contributed by atoms with E-state index >= 15 is 0 Å². The Labute approximate surface area is 79.9 Å². The maximum Gasteiger partial charge on any atom is 0.153 e. The molecule has 1 aliphatic rings. The molecule has 13 heavy (non-hydrogen) atoms. The van der Waals surface area contributed by atoms with Crippen LogP contribution in [0.4, 0.5) is 0 Å². The Balaban J connectivity index is 2.41. The molecule has 2 nitrogen and oxygen atoms in total. The Hall–Kier alpha value is -0.810. The maximum absolute atomic E-state index is 11.7. The fraction of sp³-hybridized carbons (Fsp3) is 0.727. The summed E-state index contributed by atoms with van der Waals surface area (Å²) in [6.07, 6.45) is 11.1. The molecule has 0 unspecified atom stereocenters. The number of carbonyl (C=O) groups excluding carboxylic acids is 1. The average molecular weight is 179 g/mol. The van der Waals surface area contributed by atoms with E-state index in [1.165, 1.54) is 19.3 Å². The van der Waals surface area contributed by atoms with Crippen LogP contribution in [-0.4, -0.2) is 11.8 Å². The summed E-state index contributed by atoms with van der Waals surface area (Å²) in [5.41, 5.74) is 5.67. The van der Waals surface area contributed by atoms with E-state index in [1.807, 2.05) is 0 Å². The molecule has 1 fully saturated rings. The van der Waals surface area contributed by atoms with Crippen molar-refractivity contribution in [1.82, 2.24) is 0 Å². The van der Waals surface area contributed by atoms with Crippen LogP contribution in [0.3, 0.4) is 0 Å². The Kier molecular flexibility index (Phi) is 3.98. The monoisotopic (exact) mass is 179 g/mol. The largest absolute Gasteiger partial charge is 0.321 e. The summed E-state index contributed by atoms with van der Waals surface area (Å²) in [5, 5.41) is 0. The number of nitrogens with two attached hydrogens (primary N) is 1. The minimum absolute atomic E-state index is 0.178. The van der Waals surface area contributed by atoms with Gasteiger partial charge in [0.05, 0.1) is 6.04 Å². The first-order valence-electron chi connectivity index (χ1n) is 4.98. The van der Waals surface area contributed by atoms with Crippen LogP contribution >= 0.6 is 0 Å². The molecule has 1 saturated carbocycles. The van der Waals surface area contributed by atoms with Gasteiger partial charge in [-0.15, -0.1) is 12.3 Å². The molecule has 0 aromatic carbocycles. The van der Waals surface area contributed by atoms with Gasteiger partial charge in [0, 0.05) is 12.3 Å². The molecule has 0 bridgehead atoms. The number of hydrogen-bond donors (Lipinski definition) is 1. The average Bonchev–Trinajstić information content (AvgIpc) is 2.18. The molecule has 1 aliphatic carbocycles. The highest BCUT2D eigenvalue weighted by molar-refractivity contribution is 5.86. The second kappa shape index (κ2) is 5.04. The Morgan fingerprint density at radius 3 is 2.62 bits per heavy atom. The third kappa shape index (κ3) is 2.86. The number of carbonyl (C=O) groups is 1. The van der Waals surface area contributed by atoms with Crippen LogP contribution in [-0.2, 0) is 4.79 Å². The quantitative estimate of drug-likeness (QED) is 0.667. The molecule has 2 N–H and O–H groups in total. The molecular formula is C11H17NO. The van der Waals surface area contributed by atoms with Crippen LogP contribution in [0.1, 0.15) is 38.5 Å². The van der Waals surface area contributed by atoms with E-state index in [0.29, 0.717) is 6.42 Å². The fourth-order valence-corrected chi connectivity index (χ4v) is 1.92. The predicted octanol–water partition coefficient (Wildman–Crippen LogP) is 1.49. The van der Waals surface area contributed by atoms with Crippen LogP contribution in [0.25, 0.3) is 0 Å². The van der Waals surface area contributed by atoms with Crippen molar-refractivity contribution in [1.29, 1.82) is 0 Å². The normalized spacial score (nSPS) is 20.6. The molecule has 0 amide bonds. The summed E-state index contributed by atoms with van der Waals surface area (Å²) >= 11 is 0. The molecule has 0 radical (unpaired) electrons. The van der Waals surface area contributed by atoms with Crippen molar-refractivity contribution < 1.29 is 4.79 Å². The maximum atomic E-state index is 11.7. The number of hydrogen-bond acceptors (Lipinski definition) is 2. The zero-order valence-corrected chi connectivity index (χ0v) is 7.96. The van der Waals surface area contributed by atoms with Gasteiger partial charge in [0.2, 0.25) is 0 Å². The van der Waals surface area contributed by atoms with Crippen molar-refractivity contribution in [2.75, 3.05) is 0 Å². The van der Waals surface area contributed by atoms with Crippen LogP contribution in [0.15, 0.2) is 0 Å². The topological polar surface area (TPSA) is 43.1 Å². The van der Waals surface area contributed by atoms with Crippen molar-refractivity contribution in [3.05, 3.63) is 0 Å². The van der Waals surface area contributed by atoms with Crippen LogP contribution in [0.2, 0.25) is 0 Å². The van der Waals surface area contributed by atoms with Crippen LogP contribution in [0.5, 0.6) is 0 Å². The number of terminal acetylenes is 1. The van der Waals surface area contributed by atoms with Gasteiger partial charge in [0.25, 0.3) is 0 Å². The second-order valence-corrected chi connectivity index (χ2v) is 3.75. The van der Waals surface area contributed by atoms with Gasteiger partial charge in [0.1, 0.15) is 0 Å². The van der Waals surface area contributed by atoms with Crippen LogP contribution < -0.4 is 5.73 Å². The fourth-order valence-electron chi connectivity index (χ4n) is 1.92. The van der Waals surface area contributed by atoms with E-state index in [2.05, 4.69) is 5.92 Å². The predicted molar refractivity (Wildman–Crippen MR) is 53.0 cm³/mol. The molecule has 1 atom stereocenters. The smallest absolute Gasteiger partial charge is 0.153 e. The van der Waals surface area contributed by atoms with Gasteiger partial charge >= 0.3 is 0 Å². The van der Waals surface area contributed by atoms with Gasteiger partial charge < -0.3 is 5.73 Å². The molecule has 72 valence electrons. The molecule has 0 heterocycles. The van der Waals surface area contributed by atoms with E-state index in [9.17, 15) is 4.79 Å². The first-order chi connectivity index (χ1) is 6.25. The molecular weight excluding hydrogens is 162 g/mol. The zero-order valence-electron chi connectivity index (χ0n) is 7.96. The lowest BCUT2D eigenvalue weighted by Crippen LogP contribution is -2.36. The summed E-state index contributed by atoms with van der Waals surface area (Å²) in [4.78, 5) is 11.7. The van der Waals surface area contributed by atoms with Crippen molar-refractivity contribution in [3.8, 4) is 12.3 Å². The van der Waals surface area contributed by atoms with Gasteiger partial charge in [-0.25, -0.2) is 0 Å². The first kappa shape index (κ1) is 10.3. The van der Waals surface area contributed by atoms with E-state index in [1.54, 1.807) is 0 Å². The van der Waals surface area contributed by atoms with Crippen molar-refractivity contribution in [3.63, 3.8) is 0 Å². The Morgan fingerprint density at radius 1 is 1.46 bits per heavy atom. The number of ketones is 1. The SMILES string of the molecule is C#CC[C@H](N)C(=O)C1CCCCC1. The van der Waals surface area contributed by atoms with Gasteiger partial charge in [-0.2, -0.15) is 0 Å². The molecule has 2 heteroatoms. The van der Waals surface area contributed by atoms with Gasteiger partial charge in [-0.1, -0.05) is 19.3 Å². The zero-order chi connectivity index (χ0) is 9.68. The molecule has 0 spiro atoms. The van der Waals surface area contributed by atoms with Gasteiger partial charge in [0.15, 0.2) is 5.78 Å². The second-order valence-electron chi connectivity index (χ2n) is 3.75. The Bertz CT molecular complexity index is 211. The van der Waals surface area contributed by atoms with Crippen LogP contribution in [0, 0.1) is 18.3 Å². The summed E-state index contributed by atoms with van der Waals surface area (Å²) in [6.45, 7) is 0. The van der Waals surface area contributed by atoms with Crippen molar-refractivity contribution >= 4 is 5.78 Å².